The summed E-state index contributed by atoms with van der Waals surface area (Å²) in [5.41, 5.74) is -1.46. The number of allylic oxidation sites excluding steroid dienone is 1. The van der Waals surface area contributed by atoms with Gasteiger partial charge in [-0.1, -0.05) is 36.9 Å². The summed E-state index contributed by atoms with van der Waals surface area (Å²) < 4.78 is 71.2. The van der Waals surface area contributed by atoms with Gasteiger partial charge < -0.3 is 10.0 Å². The van der Waals surface area contributed by atoms with E-state index in [1.54, 1.807) is 13.0 Å². The molecule has 7 nitrogen and oxygen atoms in total. The average Bonchev–Trinajstić information content (AvgIpc) is 2.90. The molecular formula is C28H26F3N3O4S. The lowest BCUT2D eigenvalue weighted by atomic mass is 9.84. The molecule has 1 heterocycles. The molecule has 0 radical (unpaired) electrons. The van der Waals surface area contributed by atoms with Crippen LogP contribution in [0.25, 0.3) is 0 Å². The number of likely N-dealkylation sites (tertiary alicyclic amines) is 1. The molecule has 1 aliphatic heterocycles. The molecule has 0 aromatic heterocycles. The number of amides is 1. The van der Waals surface area contributed by atoms with Crippen molar-refractivity contribution in [3.63, 3.8) is 0 Å². The molecular weight excluding hydrogens is 531 g/mol. The van der Waals surface area contributed by atoms with Crippen molar-refractivity contribution in [1.29, 1.82) is 0 Å². The number of rotatable bonds is 7. The second-order valence-electron chi connectivity index (χ2n) is 9.16. The van der Waals surface area contributed by atoms with Crippen molar-refractivity contribution in [3.05, 3.63) is 101 Å². The van der Waals surface area contributed by atoms with E-state index in [0.29, 0.717) is 5.56 Å². The fourth-order valence-electron chi connectivity index (χ4n) is 4.47. The van der Waals surface area contributed by atoms with E-state index >= 15 is 0 Å². The van der Waals surface area contributed by atoms with Crippen LogP contribution in [0.3, 0.4) is 0 Å². The topological polar surface area (TPSA) is 99.1 Å². The van der Waals surface area contributed by atoms with Gasteiger partial charge in [-0.3, -0.25) is 14.5 Å². The molecule has 4 rings (SSSR count). The first-order chi connectivity index (χ1) is 18.5. The SMILES string of the molecule is C=CC=Nc1c(C)cccc1S(=O)(=O)Nc1ccc(C(=O)N2CCC(O)(c3cccc(F)c3F)CC2)cc1F. The first kappa shape index (κ1) is 28.1. The van der Waals surface area contributed by atoms with Crippen LogP contribution < -0.4 is 4.72 Å². The van der Waals surface area contributed by atoms with Crippen LogP contribution in [0.15, 0.2) is 77.1 Å². The zero-order chi connectivity index (χ0) is 28.4. The second kappa shape index (κ2) is 11.0. The number of benzene rings is 3. The smallest absolute Gasteiger partial charge is 0.264 e. The molecule has 0 bridgehead atoms. The van der Waals surface area contributed by atoms with Crippen molar-refractivity contribution in [2.75, 3.05) is 17.8 Å². The van der Waals surface area contributed by atoms with Gasteiger partial charge in [0.25, 0.3) is 15.9 Å². The predicted octanol–water partition coefficient (Wildman–Crippen LogP) is 5.23. The van der Waals surface area contributed by atoms with E-state index in [1.807, 2.05) is 0 Å². The average molecular weight is 558 g/mol. The highest BCUT2D eigenvalue weighted by Gasteiger charge is 2.38. The molecule has 0 spiro atoms. The standard InChI is InChI=1S/C28H26F3N3O4S/c1-3-14-32-26-18(2)6-4-9-24(26)39(37,38)33-23-11-10-19(17-22(23)30)27(35)34-15-12-28(36,13-16-34)20-7-5-8-21(29)25(20)31/h3-11,14,17,33,36H,1,12-13,15-16H2,2H3. The summed E-state index contributed by atoms with van der Waals surface area (Å²) in [5, 5.41) is 10.9. The van der Waals surface area contributed by atoms with Gasteiger partial charge in [0.05, 0.1) is 17.0 Å². The van der Waals surface area contributed by atoms with Gasteiger partial charge in [-0.2, -0.15) is 0 Å². The Balaban J connectivity index is 1.50. The Morgan fingerprint density at radius 3 is 2.44 bits per heavy atom. The summed E-state index contributed by atoms with van der Waals surface area (Å²) in [6, 6.07) is 11.5. The molecule has 3 aromatic carbocycles. The van der Waals surface area contributed by atoms with Gasteiger partial charge in [0.2, 0.25) is 0 Å². The summed E-state index contributed by atoms with van der Waals surface area (Å²) in [5.74, 6) is -3.73. The third-order valence-corrected chi connectivity index (χ3v) is 7.99. The summed E-state index contributed by atoms with van der Waals surface area (Å²) in [6.07, 6.45) is 2.64. The number of aryl methyl sites for hydroxylation is 1. The molecule has 0 atom stereocenters. The number of anilines is 1. The predicted molar refractivity (Wildman–Crippen MR) is 142 cm³/mol. The number of aliphatic imine (C=N–C) groups is 1. The highest BCUT2D eigenvalue weighted by molar-refractivity contribution is 7.92. The molecule has 39 heavy (non-hydrogen) atoms. The second-order valence-corrected chi connectivity index (χ2v) is 10.8. The number of para-hydroxylation sites is 1. The normalized spacial score (nSPS) is 15.4. The first-order valence-electron chi connectivity index (χ1n) is 12.0. The maximum absolute atomic E-state index is 15.0. The van der Waals surface area contributed by atoms with Gasteiger partial charge in [0.15, 0.2) is 11.6 Å². The molecule has 0 aliphatic carbocycles. The lowest BCUT2D eigenvalue weighted by Crippen LogP contribution is -2.45. The number of aliphatic hydroxyl groups is 1. The summed E-state index contributed by atoms with van der Waals surface area (Å²) >= 11 is 0. The van der Waals surface area contributed by atoms with Crippen molar-refractivity contribution >= 4 is 33.5 Å². The van der Waals surface area contributed by atoms with Crippen molar-refractivity contribution in [3.8, 4) is 0 Å². The Bertz CT molecular complexity index is 1570. The molecule has 2 N–H and O–H groups in total. The van der Waals surface area contributed by atoms with Gasteiger partial charge in [-0.25, -0.2) is 21.6 Å². The number of carbonyl (C=O) groups excluding carboxylic acids is 1. The highest BCUT2D eigenvalue weighted by Crippen LogP contribution is 2.36. The molecule has 204 valence electrons. The van der Waals surface area contributed by atoms with E-state index in [9.17, 15) is 31.5 Å². The molecule has 1 amide bonds. The Labute approximate surface area is 224 Å². The van der Waals surface area contributed by atoms with E-state index in [2.05, 4.69) is 16.3 Å². The van der Waals surface area contributed by atoms with Gasteiger partial charge in [0, 0.05) is 30.4 Å². The van der Waals surface area contributed by atoms with Crippen LogP contribution in [0.2, 0.25) is 0 Å². The van der Waals surface area contributed by atoms with Crippen LogP contribution >= 0.6 is 0 Å². The minimum atomic E-state index is -4.24. The van der Waals surface area contributed by atoms with Crippen LogP contribution in [0.4, 0.5) is 24.5 Å². The van der Waals surface area contributed by atoms with E-state index in [1.165, 1.54) is 47.5 Å². The van der Waals surface area contributed by atoms with E-state index < -0.39 is 39.0 Å². The largest absolute Gasteiger partial charge is 0.385 e. The summed E-state index contributed by atoms with van der Waals surface area (Å²) in [7, 11) is -4.24. The lowest BCUT2D eigenvalue weighted by Gasteiger charge is -2.38. The fraction of sp³-hybridized carbons (Fsp3) is 0.214. The monoisotopic (exact) mass is 557 g/mol. The van der Waals surface area contributed by atoms with Gasteiger partial charge in [0.1, 0.15) is 10.7 Å². The Hall–Kier alpha value is -3.96. The molecule has 0 unspecified atom stereocenters. The lowest BCUT2D eigenvalue weighted by molar-refractivity contribution is -0.0240. The quantitative estimate of drug-likeness (QED) is 0.389. The van der Waals surface area contributed by atoms with Crippen molar-refractivity contribution in [2.24, 2.45) is 4.99 Å². The molecule has 1 aliphatic rings. The van der Waals surface area contributed by atoms with Crippen LogP contribution in [0, 0.1) is 24.4 Å². The summed E-state index contributed by atoms with van der Waals surface area (Å²) in [4.78, 5) is 18.3. The molecule has 1 saturated heterocycles. The minimum Gasteiger partial charge on any atom is -0.385 e. The van der Waals surface area contributed by atoms with Crippen LogP contribution in [0.1, 0.15) is 34.3 Å². The number of sulfonamides is 1. The van der Waals surface area contributed by atoms with Gasteiger partial charge in [-0.05, 0) is 55.7 Å². The van der Waals surface area contributed by atoms with E-state index in [0.717, 1.165) is 18.2 Å². The van der Waals surface area contributed by atoms with Crippen molar-refractivity contribution in [1.82, 2.24) is 4.90 Å². The third kappa shape index (κ3) is 5.74. The number of hydrogen-bond acceptors (Lipinski definition) is 5. The minimum absolute atomic E-state index is 0.0165. The van der Waals surface area contributed by atoms with Crippen LogP contribution in [-0.2, 0) is 15.6 Å². The number of nitrogens with zero attached hydrogens (tertiary/aromatic N) is 2. The number of nitrogens with one attached hydrogen (secondary N) is 1. The Morgan fingerprint density at radius 1 is 1.08 bits per heavy atom. The fourth-order valence-corrected chi connectivity index (χ4v) is 5.76. The zero-order valence-electron chi connectivity index (χ0n) is 21.0. The van der Waals surface area contributed by atoms with Gasteiger partial charge in [-0.15, -0.1) is 0 Å². The maximum Gasteiger partial charge on any atom is 0.264 e. The molecule has 3 aromatic rings. The van der Waals surface area contributed by atoms with E-state index in [-0.39, 0.29) is 53.3 Å². The Kier molecular flexibility index (Phi) is 7.94. The third-order valence-electron chi connectivity index (χ3n) is 6.59. The zero-order valence-corrected chi connectivity index (χ0v) is 21.8. The number of piperidine rings is 1. The summed E-state index contributed by atoms with van der Waals surface area (Å²) in [6.45, 7) is 5.24. The highest BCUT2D eigenvalue weighted by atomic mass is 32.2. The number of hydrogen-bond donors (Lipinski definition) is 2. The maximum atomic E-state index is 15.0. The molecule has 0 saturated carbocycles. The number of carbonyl (C=O) groups is 1. The van der Waals surface area contributed by atoms with E-state index in [4.69, 9.17) is 0 Å². The molecule has 1 fully saturated rings. The molecule has 11 heteroatoms. The first-order valence-corrected chi connectivity index (χ1v) is 13.5. The van der Waals surface area contributed by atoms with Crippen molar-refractivity contribution < 1.29 is 31.5 Å². The van der Waals surface area contributed by atoms with Crippen molar-refractivity contribution in [2.45, 2.75) is 30.3 Å². The van der Waals surface area contributed by atoms with Gasteiger partial charge >= 0.3 is 0 Å². The van der Waals surface area contributed by atoms with Crippen LogP contribution in [-0.4, -0.2) is 43.6 Å². The number of halogens is 3. The Morgan fingerprint density at radius 2 is 1.77 bits per heavy atom. The van der Waals surface area contributed by atoms with Crippen LogP contribution in [0.5, 0.6) is 0 Å².